The molecule has 0 aliphatic carbocycles. The summed E-state index contributed by atoms with van der Waals surface area (Å²) in [6.07, 6.45) is 1.08. The van der Waals surface area contributed by atoms with Crippen LogP contribution in [0.25, 0.3) is 0 Å². The average molecular weight is 326 g/mol. The molecule has 96 valence electrons. The topological polar surface area (TPSA) is 55.1 Å². The van der Waals surface area contributed by atoms with Gasteiger partial charge in [0.2, 0.25) is 5.91 Å². The Bertz CT molecular complexity index is 376. The molecule has 0 radical (unpaired) electrons. The number of nitrogens with two attached hydrogens (primary N) is 1. The van der Waals surface area contributed by atoms with Gasteiger partial charge in [-0.25, -0.2) is 4.39 Å². The summed E-state index contributed by atoms with van der Waals surface area (Å²) in [4.78, 5) is 11.3. The second kappa shape index (κ2) is 8.44. The molecule has 3 nitrogen and oxygen atoms in total. The molecule has 0 aliphatic rings. The monoisotopic (exact) mass is 324 g/mol. The van der Waals surface area contributed by atoms with Crippen molar-refractivity contribution in [2.24, 2.45) is 5.73 Å². The van der Waals surface area contributed by atoms with Crippen LogP contribution in [0, 0.1) is 5.82 Å². The quantitative estimate of drug-likeness (QED) is 0.873. The van der Waals surface area contributed by atoms with E-state index >= 15 is 0 Å². The van der Waals surface area contributed by atoms with Crippen molar-refractivity contribution in [1.29, 1.82) is 0 Å². The van der Waals surface area contributed by atoms with Gasteiger partial charge in [-0.15, -0.1) is 12.4 Å². The van der Waals surface area contributed by atoms with Gasteiger partial charge in [0.1, 0.15) is 5.82 Å². The number of nitrogens with one attached hydrogen (secondary N) is 1. The molecule has 0 atom stereocenters. The first kappa shape index (κ1) is 16.4. The molecular formula is C11H15BrClFN2O. The van der Waals surface area contributed by atoms with Crippen LogP contribution >= 0.6 is 28.3 Å². The Kier molecular flexibility index (Phi) is 8.12. The van der Waals surface area contributed by atoms with E-state index in [0.29, 0.717) is 30.4 Å². The minimum absolute atomic E-state index is 0. The van der Waals surface area contributed by atoms with Crippen LogP contribution in [0.4, 0.5) is 4.39 Å². The zero-order valence-electron chi connectivity index (χ0n) is 9.21. The maximum atomic E-state index is 13.1. The van der Waals surface area contributed by atoms with Crippen LogP contribution in [-0.2, 0) is 11.3 Å². The summed E-state index contributed by atoms with van der Waals surface area (Å²) in [5.74, 6) is -0.387. The van der Waals surface area contributed by atoms with Gasteiger partial charge in [0.15, 0.2) is 0 Å². The summed E-state index contributed by atoms with van der Waals surface area (Å²) in [5, 5.41) is 2.70. The number of amides is 1. The first-order chi connectivity index (χ1) is 7.63. The van der Waals surface area contributed by atoms with Crippen LogP contribution in [0.3, 0.4) is 0 Å². The molecular weight excluding hydrogens is 310 g/mol. The molecule has 1 aromatic carbocycles. The highest BCUT2D eigenvalue weighted by molar-refractivity contribution is 9.10. The van der Waals surface area contributed by atoms with Crippen molar-refractivity contribution in [1.82, 2.24) is 5.32 Å². The van der Waals surface area contributed by atoms with Crippen LogP contribution < -0.4 is 11.1 Å². The molecule has 1 aromatic rings. The Balaban J connectivity index is 0.00000256. The summed E-state index contributed by atoms with van der Waals surface area (Å²) in [7, 11) is 0. The van der Waals surface area contributed by atoms with E-state index in [2.05, 4.69) is 21.2 Å². The predicted octanol–water partition coefficient (Wildman–Crippen LogP) is 2.37. The Morgan fingerprint density at radius 1 is 1.47 bits per heavy atom. The van der Waals surface area contributed by atoms with Gasteiger partial charge in [0.05, 0.1) is 4.47 Å². The highest BCUT2D eigenvalue weighted by Gasteiger charge is 2.03. The summed E-state index contributed by atoms with van der Waals surface area (Å²) in [6, 6.07) is 4.78. The fourth-order valence-corrected chi connectivity index (χ4v) is 1.45. The van der Waals surface area contributed by atoms with E-state index < -0.39 is 0 Å². The van der Waals surface area contributed by atoms with E-state index in [0.717, 1.165) is 5.56 Å². The number of carbonyl (C=O) groups is 1. The Labute approximate surface area is 114 Å². The molecule has 0 heterocycles. The molecule has 1 rings (SSSR count). The van der Waals surface area contributed by atoms with Crippen molar-refractivity contribution in [2.75, 3.05) is 6.54 Å². The second-order valence-corrected chi connectivity index (χ2v) is 4.27. The number of rotatable bonds is 5. The molecule has 6 heteroatoms. The molecule has 3 N–H and O–H groups in total. The normalized spacial score (nSPS) is 9.59. The summed E-state index contributed by atoms with van der Waals surface area (Å²) in [5.41, 5.74) is 6.02. The number of benzene rings is 1. The zero-order valence-corrected chi connectivity index (χ0v) is 11.6. The molecule has 0 fully saturated rings. The molecule has 0 saturated heterocycles. The standard InChI is InChI=1S/C11H14BrFN2O.ClH/c12-9-4-3-8(6-10(9)13)7-15-11(16)2-1-5-14;/h3-4,6H,1-2,5,7,14H2,(H,15,16);1H. The van der Waals surface area contributed by atoms with Gasteiger partial charge in [-0.3, -0.25) is 4.79 Å². The Morgan fingerprint density at radius 2 is 2.18 bits per heavy atom. The van der Waals surface area contributed by atoms with Gasteiger partial charge < -0.3 is 11.1 Å². The summed E-state index contributed by atoms with van der Waals surface area (Å²) < 4.78 is 13.6. The van der Waals surface area contributed by atoms with Crippen molar-refractivity contribution < 1.29 is 9.18 Å². The maximum Gasteiger partial charge on any atom is 0.220 e. The minimum Gasteiger partial charge on any atom is -0.352 e. The van der Waals surface area contributed by atoms with Gasteiger partial charge in [0, 0.05) is 13.0 Å². The predicted molar refractivity (Wildman–Crippen MR) is 71.5 cm³/mol. The van der Waals surface area contributed by atoms with E-state index in [1.54, 1.807) is 12.1 Å². The van der Waals surface area contributed by atoms with Crippen LogP contribution in [0.1, 0.15) is 18.4 Å². The van der Waals surface area contributed by atoms with Crippen LogP contribution in [0.5, 0.6) is 0 Å². The van der Waals surface area contributed by atoms with Gasteiger partial charge in [-0.05, 0) is 46.6 Å². The van der Waals surface area contributed by atoms with Gasteiger partial charge >= 0.3 is 0 Å². The van der Waals surface area contributed by atoms with E-state index in [9.17, 15) is 9.18 Å². The van der Waals surface area contributed by atoms with Gasteiger partial charge in [-0.2, -0.15) is 0 Å². The fourth-order valence-electron chi connectivity index (χ4n) is 1.20. The first-order valence-corrected chi connectivity index (χ1v) is 5.83. The fraction of sp³-hybridized carbons (Fsp3) is 0.364. The number of hydrogen-bond donors (Lipinski definition) is 2. The van der Waals surface area contributed by atoms with E-state index in [1.165, 1.54) is 6.07 Å². The van der Waals surface area contributed by atoms with Crippen molar-refractivity contribution in [2.45, 2.75) is 19.4 Å². The van der Waals surface area contributed by atoms with Gasteiger partial charge in [-0.1, -0.05) is 6.07 Å². The molecule has 0 bridgehead atoms. The van der Waals surface area contributed by atoms with Crippen LogP contribution in [0.15, 0.2) is 22.7 Å². The van der Waals surface area contributed by atoms with Crippen molar-refractivity contribution in [3.63, 3.8) is 0 Å². The third kappa shape index (κ3) is 6.00. The molecule has 17 heavy (non-hydrogen) atoms. The van der Waals surface area contributed by atoms with Crippen molar-refractivity contribution in [3.05, 3.63) is 34.1 Å². The lowest BCUT2D eigenvalue weighted by molar-refractivity contribution is -0.121. The molecule has 0 spiro atoms. The SMILES string of the molecule is Cl.NCCCC(=O)NCc1ccc(Br)c(F)c1. The zero-order chi connectivity index (χ0) is 12.0. The smallest absolute Gasteiger partial charge is 0.220 e. The highest BCUT2D eigenvalue weighted by atomic mass is 79.9. The molecule has 1 amide bonds. The minimum atomic E-state index is -0.325. The molecule has 0 unspecified atom stereocenters. The van der Waals surface area contributed by atoms with Crippen LogP contribution in [0.2, 0.25) is 0 Å². The van der Waals surface area contributed by atoms with E-state index in [4.69, 9.17) is 5.73 Å². The summed E-state index contributed by atoms with van der Waals surface area (Å²) in [6.45, 7) is 0.841. The Morgan fingerprint density at radius 3 is 2.76 bits per heavy atom. The lowest BCUT2D eigenvalue weighted by atomic mass is 10.2. The highest BCUT2D eigenvalue weighted by Crippen LogP contribution is 2.16. The largest absolute Gasteiger partial charge is 0.352 e. The summed E-state index contributed by atoms with van der Waals surface area (Å²) >= 11 is 3.07. The molecule has 0 aliphatic heterocycles. The number of halogens is 3. The number of carbonyl (C=O) groups excluding carboxylic acids is 1. The second-order valence-electron chi connectivity index (χ2n) is 3.42. The molecule has 0 aromatic heterocycles. The van der Waals surface area contributed by atoms with Crippen molar-refractivity contribution in [3.8, 4) is 0 Å². The van der Waals surface area contributed by atoms with E-state index in [-0.39, 0.29) is 24.1 Å². The third-order valence-electron chi connectivity index (χ3n) is 2.08. The van der Waals surface area contributed by atoms with Crippen molar-refractivity contribution >= 4 is 34.2 Å². The third-order valence-corrected chi connectivity index (χ3v) is 2.72. The lowest BCUT2D eigenvalue weighted by Crippen LogP contribution is -2.23. The average Bonchev–Trinajstić information content (AvgIpc) is 2.28. The Hall–Kier alpha value is -0.650. The maximum absolute atomic E-state index is 13.1. The van der Waals surface area contributed by atoms with Crippen LogP contribution in [-0.4, -0.2) is 12.5 Å². The number of hydrogen-bond acceptors (Lipinski definition) is 2. The molecule has 0 saturated carbocycles. The van der Waals surface area contributed by atoms with Gasteiger partial charge in [0.25, 0.3) is 0 Å². The van der Waals surface area contributed by atoms with E-state index in [1.807, 2.05) is 0 Å². The first-order valence-electron chi connectivity index (χ1n) is 5.04. The lowest BCUT2D eigenvalue weighted by Gasteiger charge is -2.05.